The lowest BCUT2D eigenvalue weighted by atomic mass is 10.2. The van der Waals surface area contributed by atoms with Crippen LogP contribution < -0.4 is 0 Å². The first kappa shape index (κ1) is 15.9. The van der Waals surface area contributed by atoms with Gasteiger partial charge < -0.3 is 5.11 Å². The van der Waals surface area contributed by atoms with E-state index in [-0.39, 0.29) is 0 Å². The maximum atomic E-state index is 11.3. The Morgan fingerprint density at radius 1 is 1.35 bits per heavy atom. The number of carboxylic acids is 1. The second-order valence-corrected chi connectivity index (χ2v) is 6.23. The summed E-state index contributed by atoms with van der Waals surface area (Å²) in [6.45, 7) is 3.24. The van der Waals surface area contributed by atoms with Crippen molar-refractivity contribution in [2.75, 3.05) is 6.54 Å². The summed E-state index contributed by atoms with van der Waals surface area (Å²) < 4.78 is 0. The quantitative estimate of drug-likeness (QED) is 0.932. The van der Waals surface area contributed by atoms with E-state index in [4.69, 9.17) is 11.6 Å². The third-order valence-corrected chi connectivity index (χ3v) is 4.28. The van der Waals surface area contributed by atoms with E-state index < -0.39 is 12.0 Å². The third kappa shape index (κ3) is 3.68. The van der Waals surface area contributed by atoms with Gasteiger partial charge >= 0.3 is 5.97 Å². The van der Waals surface area contributed by atoms with Crippen LogP contribution in [0.3, 0.4) is 0 Å². The maximum absolute atomic E-state index is 11.3. The lowest BCUT2D eigenvalue weighted by Gasteiger charge is -2.20. The molecule has 0 saturated carbocycles. The number of rotatable bonds is 4. The van der Waals surface area contributed by atoms with Crippen molar-refractivity contribution in [1.82, 2.24) is 14.9 Å². The summed E-state index contributed by atoms with van der Waals surface area (Å²) in [4.78, 5) is 22.3. The van der Waals surface area contributed by atoms with E-state index in [0.717, 1.165) is 29.9 Å². The zero-order valence-corrected chi connectivity index (χ0v) is 13.6. The molecule has 1 aliphatic heterocycles. The Kier molecular flexibility index (Phi) is 4.59. The predicted octanol–water partition coefficient (Wildman–Crippen LogP) is 3.15. The van der Waals surface area contributed by atoms with Gasteiger partial charge in [0.15, 0.2) is 5.82 Å². The van der Waals surface area contributed by atoms with Gasteiger partial charge in [0, 0.05) is 22.8 Å². The van der Waals surface area contributed by atoms with E-state index >= 15 is 0 Å². The fraction of sp³-hybridized carbons (Fsp3) is 0.353. The first-order valence-electron chi connectivity index (χ1n) is 7.60. The minimum Gasteiger partial charge on any atom is -0.480 e. The molecular formula is C17H18ClN3O2. The predicted molar refractivity (Wildman–Crippen MR) is 88.3 cm³/mol. The molecule has 0 bridgehead atoms. The number of likely N-dealkylation sites (tertiary alicyclic amines) is 1. The molecule has 23 heavy (non-hydrogen) atoms. The van der Waals surface area contributed by atoms with E-state index in [0.29, 0.717) is 23.8 Å². The molecule has 1 fully saturated rings. The maximum Gasteiger partial charge on any atom is 0.320 e. The van der Waals surface area contributed by atoms with Crippen molar-refractivity contribution in [3.05, 3.63) is 46.7 Å². The van der Waals surface area contributed by atoms with Crippen LogP contribution in [0.15, 0.2) is 30.3 Å². The Morgan fingerprint density at radius 2 is 2.09 bits per heavy atom. The van der Waals surface area contributed by atoms with Crippen LogP contribution in [0.4, 0.5) is 0 Å². The summed E-state index contributed by atoms with van der Waals surface area (Å²) >= 11 is 5.92. The van der Waals surface area contributed by atoms with E-state index in [2.05, 4.69) is 9.97 Å². The van der Waals surface area contributed by atoms with Crippen LogP contribution in [-0.4, -0.2) is 38.5 Å². The Labute approximate surface area is 139 Å². The van der Waals surface area contributed by atoms with E-state index in [1.807, 2.05) is 42.2 Å². The van der Waals surface area contributed by atoms with Crippen LogP contribution in [-0.2, 0) is 11.3 Å². The number of aromatic nitrogens is 2. The summed E-state index contributed by atoms with van der Waals surface area (Å²) in [5.41, 5.74) is 2.61. The average molecular weight is 332 g/mol. The number of aryl methyl sites for hydroxylation is 1. The van der Waals surface area contributed by atoms with E-state index in [1.165, 1.54) is 0 Å². The van der Waals surface area contributed by atoms with Crippen molar-refractivity contribution >= 4 is 17.6 Å². The molecule has 1 aromatic carbocycles. The monoisotopic (exact) mass is 331 g/mol. The molecule has 2 aromatic rings. The Bertz CT molecular complexity index is 718. The molecular weight excluding hydrogens is 314 g/mol. The highest BCUT2D eigenvalue weighted by Gasteiger charge is 2.30. The lowest BCUT2D eigenvalue weighted by Crippen LogP contribution is -2.35. The fourth-order valence-corrected chi connectivity index (χ4v) is 3.07. The second kappa shape index (κ2) is 6.64. The van der Waals surface area contributed by atoms with Gasteiger partial charge in [0.1, 0.15) is 6.04 Å². The van der Waals surface area contributed by atoms with Gasteiger partial charge in [0.05, 0.1) is 5.69 Å². The zero-order valence-electron chi connectivity index (χ0n) is 12.9. The van der Waals surface area contributed by atoms with Gasteiger partial charge in [-0.1, -0.05) is 11.6 Å². The number of aliphatic carboxylic acids is 1. The van der Waals surface area contributed by atoms with Crippen LogP contribution in [0, 0.1) is 6.92 Å². The summed E-state index contributed by atoms with van der Waals surface area (Å²) in [6.07, 6.45) is 1.61. The minimum atomic E-state index is -0.758. The second-order valence-electron chi connectivity index (χ2n) is 5.80. The van der Waals surface area contributed by atoms with Gasteiger partial charge in [-0.15, -0.1) is 0 Å². The van der Waals surface area contributed by atoms with Gasteiger partial charge in [-0.25, -0.2) is 9.97 Å². The molecule has 3 rings (SSSR count). The molecule has 2 heterocycles. The largest absolute Gasteiger partial charge is 0.480 e. The normalized spacial score (nSPS) is 18.3. The molecule has 0 radical (unpaired) electrons. The molecule has 120 valence electrons. The molecule has 0 unspecified atom stereocenters. The number of benzene rings is 1. The van der Waals surface area contributed by atoms with Crippen LogP contribution in [0.25, 0.3) is 11.4 Å². The van der Waals surface area contributed by atoms with Gasteiger partial charge in [0.25, 0.3) is 0 Å². The van der Waals surface area contributed by atoms with E-state index in [9.17, 15) is 9.90 Å². The van der Waals surface area contributed by atoms with Crippen molar-refractivity contribution < 1.29 is 9.90 Å². The van der Waals surface area contributed by atoms with Gasteiger partial charge in [-0.2, -0.15) is 0 Å². The highest BCUT2D eigenvalue weighted by atomic mass is 35.5. The average Bonchev–Trinajstić information content (AvgIpc) is 2.95. The summed E-state index contributed by atoms with van der Waals surface area (Å²) in [7, 11) is 0. The lowest BCUT2D eigenvalue weighted by molar-refractivity contribution is -0.142. The van der Waals surface area contributed by atoms with Crippen LogP contribution in [0.1, 0.15) is 24.2 Å². The van der Waals surface area contributed by atoms with Crippen LogP contribution in [0.5, 0.6) is 0 Å². The van der Waals surface area contributed by atoms with Crippen molar-refractivity contribution in [3.8, 4) is 11.4 Å². The minimum absolute atomic E-state index is 0.413. The Morgan fingerprint density at radius 3 is 2.78 bits per heavy atom. The van der Waals surface area contributed by atoms with Gasteiger partial charge in [-0.05, 0) is 56.6 Å². The fourth-order valence-electron chi connectivity index (χ4n) is 2.95. The van der Waals surface area contributed by atoms with Crippen molar-refractivity contribution in [2.45, 2.75) is 32.4 Å². The Balaban J connectivity index is 1.86. The molecule has 0 spiro atoms. The number of nitrogens with zero attached hydrogens (tertiary/aromatic N) is 3. The summed E-state index contributed by atoms with van der Waals surface area (Å²) in [6, 6.07) is 8.89. The Hall–Kier alpha value is -1.98. The van der Waals surface area contributed by atoms with Crippen molar-refractivity contribution in [3.63, 3.8) is 0 Å². The summed E-state index contributed by atoms with van der Waals surface area (Å²) in [5.74, 6) is -0.117. The van der Waals surface area contributed by atoms with Crippen molar-refractivity contribution in [2.24, 2.45) is 0 Å². The van der Waals surface area contributed by atoms with Gasteiger partial charge in [0.2, 0.25) is 0 Å². The zero-order chi connectivity index (χ0) is 16.4. The van der Waals surface area contributed by atoms with Crippen LogP contribution in [0.2, 0.25) is 5.02 Å². The molecule has 1 saturated heterocycles. The van der Waals surface area contributed by atoms with E-state index in [1.54, 1.807) is 0 Å². The first-order chi connectivity index (χ1) is 11.0. The SMILES string of the molecule is Cc1cc(CN2CCC[C@H]2C(=O)O)nc(-c2ccc(Cl)cc2)n1. The number of hydrogen-bond donors (Lipinski definition) is 1. The topological polar surface area (TPSA) is 66.3 Å². The number of carboxylic acid groups (broad SMARTS) is 1. The molecule has 1 atom stereocenters. The molecule has 0 aliphatic carbocycles. The van der Waals surface area contributed by atoms with Crippen LogP contribution >= 0.6 is 11.6 Å². The standard InChI is InChI=1S/C17H18ClN3O2/c1-11-9-14(10-21-8-2-3-15(21)17(22)23)20-16(19-11)12-4-6-13(18)7-5-12/h4-7,9,15H,2-3,8,10H2,1H3,(H,22,23)/t15-/m0/s1. The van der Waals surface area contributed by atoms with Crippen molar-refractivity contribution in [1.29, 1.82) is 0 Å². The molecule has 5 nitrogen and oxygen atoms in total. The smallest absolute Gasteiger partial charge is 0.320 e. The highest BCUT2D eigenvalue weighted by molar-refractivity contribution is 6.30. The molecule has 6 heteroatoms. The molecule has 0 amide bonds. The van der Waals surface area contributed by atoms with Gasteiger partial charge in [-0.3, -0.25) is 9.69 Å². The molecule has 1 aromatic heterocycles. The molecule has 1 N–H and O–H groups in total. The highest BCUT2D eigenvalue weighted by Crippen LogP contribution is 2.22. The third-order valence-electron chi connectivity index (χ3n) is 4.02. The summed E-state index contributed by atoms with van der Waals surface area (Å²) in [5, 5.41) is 9.96. The number of halogens is 1. The number of carbonyl (C=O) groups is 1. The first-order valence-corrected chi connectivity index (χ1v) is 7.98. The number of hydrogen-bond acceptors (Lipinski definition) is 4. The molecule has 1 aliphatic rings.